The SMILES string of the molecule is CCc1cccc(CC)c1NC(=O)CSc1ncnc2sc3c(c12)CC[C@H](C)C3. The number of amides is 1. The molecule has 0 fully saturated rings. The number of benzene rings is 1. The molecule has 29 heavy (non-hydrogen) atoms. The molecule has 152 valence electrons. The van der Waals surface area contributed by atoms with Gasteiger partial charge in [0, 0.05) is 16.0 Å². The van der Waals surface area contributed by atoms with Crippen molar-refractivity contribution in [1.29, 1.82) is 0 Å². The van der Waals surface area contributed by atoms with Crippen LogP contribution < -0.4 is 5.32 Å². The first kappa shape index (κ1) is 20.4. The summed E-state index contributed by atoms with van der Waals surface area (Å²) in [5.74, 6) is 1.11. The maximum Gasteiger partial charge on any atom is 0.234 e. The summed E-state index contributed by atoms with van der Waals surface area (Å²) >= 11 is 3.33. The van der Waals surface area contributed by atoms with Gasteiger partial charge in [-0.05, 0) is 54.7 Å². The lowest BCUT2D eigenvalue weighted by Gasteiger charge is -2.18. The number of carbonyl (C=O) groups is 1. The largest absolute Gasteiger partial charge is 0.325 e. The molecule has 0 bridgehead atoms. The fourth-order valence-electron chi connectivity index (χ4n) is 4.07. The Labute approximate surface area is 180 Å². The van der Waals surface area contributed by atoms with Gasteiger partial charge in [-0.3, -0.25) is 4.79 Å². The predicted molar refractivity (Wildman–Crippen MR) is 123 cm³/mol. The molecule has 0 radical (unpaired) electrons. The quantitative estimate of drug-likeness (QED) is 0.408. The predicted octanol–water partition coefficient (Wildman–Crippen LogP) is 5.67. The van der Waals surface area contributed by atoms with Gasteiger partial charge in [0.25, 0.3) is 0 Å². The summed E-state index contributed by atoms with van der Waals surface area (Å²) in [7, 11) is 0. The van der Waals surface area contributed by atoms with Gasteiger partial charge in [-0.2, -0.15) is 0 Å². The van der Waals surface area contributed by atoms with Gasteiger partial charge in [-0.25, -0.2) is 9.97 Å². The molecule has 1 aliphatic rings. The summed E-state index contributed by atoms with van der Waals surface area (Å²) in [6.07, 6.45) is 6.88. The number of nitrogens with one attached hydrogen (secondary N) is 1. The van der Waals surface area contributed by atoms with Gasteiger partial charge >= 0.3 is 0 Å². The normalized spacial score (nSPS) is 16.0. The van der Waals surface area contributed by atoms with E-state index in [1.807, 2.05) is 0 Å². The van der Waals surface area contributed by atoms with Crippen molar-refractivity contribution in [2.75, 3.05) is 11.1 Å². The smallest absolute Gasteiger partial charge is 0.234 e. The van der Waals surface area contributed by atoms with E-state index in [9.17, 15) is 4.79 Å². The molecule has 1 amide bonds. The van der Waals surface area contributed by atoms with Crippen molar-refractivity contribution >= 4 is 44.9 Å². The zero-order valence-corrected chi connectivity index (χ0v) is 18.9. The molecule has 1 aromatic carbocycles. The van der Waals surface area contributed by atoms with E-state index in [1.54, 1.807) is 17.7 Å². The molecule has 0 spiro atoms. The van der Waals surface area contributed by atoms with Gasteiger partial charge < -0.3 is 5.32 Å². The third-order valence-corrected chi connectivity index (χ3v) is 7.81. The third-order valence-electron chi connectivity index (χ3n) is 5.66. The number of aryl methyl sites for hydroxylation is 3. The van der Waals surface area contributed by atoms with Crippen molar-refractivity contribution in [3.8, 4) is 0 Å². The molecule has 3 aromatic rings. The fraction of sp³-hybridized carbons (Fsp3) is 0.435. The van der Waals surface area contributed by atoms with Crippen LogP contribution >= 0.6 is 23.1 Å². The van der Waals surface area contributed by atoms with Crippen LogP contribution in [0.15, 0.2) is 29.6 Å². The molecule has 1 atom stereocenters. The lowest BCUT2D eigenvalue weighted by molar-refractivity contribution is -0.113. The van der Waals surface area contributed by atoms with Crippen molar-refractivity contribution < 1.29 is 4.79 Å². The van der Waals surface area contributed by atoms with Crippen LogP contribution in [0.5, 0.6) is 0 Å². The zero-order valence-electron chi connectivity index (χ0n) is 17.2. The number of hydrogen-bond acceptors (Lipinski definition) is 5. The minimum Gasteiger partial charge on any atom is -0.325 e. The molecule has 2 aromatic heterocycles. The number of anilines is 1. The summed E-state index contributed by atoms with van der Waals surface area (Å²) in [4.78, 5) is 24.3. The maximum atomic E-state index is 12.8. The summed E-state index contributed by atoms with van der Waals surface area (Å²) in [6.45, 7) is 6.56. The van der Waals surface area contributed by atoms with E-state index < -0.39 is 0 Å². The highest BCUT2D eigenvalue weighted by Crippen LogP contribution is 2.40. The average molecular weight is 426 g/mol. The Balaban J connectivity index is 1.53. The number of nitrogens with zero attached hydrogens (tertiary/aromatic N) is 2. The lowest BCUT2D eigenvalue weighted by Crippen LogP contribution is -2.17. The second kappa shape index (κ2) is 8.84. The standard InChI is InChI=1S/C23H27N3OS2/c1-4-15-7-6-8-16(5-2)21(15)26-19(27)12-28-22-20-17-10-9-14(3)11-18(17)29-23(20)25-13-24-22/h6-8,13-14H,4-5,9-12H2,1-3H3,(H,26,27)/t14-/m0/s1. The van der Waals surface area contributed by atoms with Crippen molar-refractivity contribution in [3.05, 3.63) is 46.1 Å². The first-order valence-corrected chi connectivity index (χ1v) is 12.2. The van der Waals surface area contributed by atoms with E-state index >= 15 is 0 Å². The average Bonchev–Trinajstić information content (AvgIpc) is 3.10. The molecule has 0 saturated heterocycles. The highest BCUT2D eigenvalue weighted by molar-refractivity contribution is 8.00. The van der Waals surface area contributed by atoms with Gasteiger partial charge in [0.05, 0.1) is 5.75 Å². The van der Waals surface area contributed by atoms with Gasteiger partial charge in [0.2, 0.25) is 5.91 Å². The van der Waals surface area contributed by atoms with Crippen molar-refractivity contribution in [2.24, 2.45) is 5.92 Å². The second-order valence-corrected chi connectivity index (χ2v) is 9.75. The van der Waals surface area contributed by atoms with E-state index in [1.165, 1.54) is 45.1 Å². The first-order valence-electron chi connectivity index (χ1n) is 10.4. The van der Waals surface area contributed by atoms with Crippen LogP contribution in [0.4, 0.5) is 5.69 Å². The number of fused-ring (bicyclic) bond motifs is 3. The lowest BCUT2D eigenvalue weighted by atomic mass is 9.89. The van der Waals surface area contributed by atoms with Crippen LogP contribution in [-0.2, 0) is 30.5 Å². The summed E-state index contributed by atoms with van der Waals surface area (Å²) in [5.41, 5.74) is 4.77. The minimum atomic E-state index is 0.0232. The van der Waals surface area contributed by atoms with Crippen molar-refractivity contribution in [1.82, 2.24) is 9.97 Å². The molecule has 6 heteroatoms. The molecular formula is C23H27N3OS2. The van der Waals surface area contributed by atoms with E-state index in [2.05, 4.69) is 54.3 Å². The number of aromatic nitrogens is 2. The number of carbonyl (C=O) groups excluding carboxylic acids is 1. The Morgan fingerprint density at radius 2 is 2.00 bits per heavy atom. The highest BCUT2D eigenvalue weighted by atomic mass is 32.2. The zero-order chi connectivity index (χ0) is 20.4. The van der Waals surface area contributed by atoms with Crippen LogP contribution in [0, 0.1) is 5.92 Å². The van der Waals surface area contributed by atoms with Gasteiger partial charge in [0.1, 0.15) is 16.2 Å². The Hall–Kier alpha value is -1.92. The van der Waals surface area contributed by atoms with Gasteiger partial charge in [-0.1, -0.05) is 50.7 Å². The Bertz CT molecular complexity index is 1020. The molecule has 0 unspecified atom stereocenters. The van der Waals surface area contributed by atoms with E-state index in [-0.39, 0.29) is 5.91 Å². The van der Waals surface area contributed by atoms with Crippen LogP contribution in [0.3, 0.4) is 0 Å². The monoisotopic (exact) mass is 425 g/mol. The number of para-hydroxylation sites is 1. The number of rotatable bonds is 6. The van der Waals surface area contributed by atoms with Gasteiger partial charge in [-0.15, -0.1) is 11.3 Å². The molecule has 2 heterocycles. The summed E-state index contributed by atoms with van der Waals surface area (Å²) in [5, 5.41) is 5.28. The second-order valence-electron chi connectivity index (χ2n) is 7.71. The molecule has 0 saturated carbocycles. The Morgan fingerprint density at radius 3 is 2.72 bits per heavy atom. The molecule has 1 aliphatic carbocycles. The minimum absolute atomic E-state index is 0.0232. The van der Waals surface area contributed by atoms with Crippen molar-refractivity contribution in [3.63, 3.8) is 0 Å². The van der Waals surface area contributed by atoms with Crippen LogP contribution in [0.2, 0.25) is 0 Å². The number of hydrogen-bond donors (Lipinski definition) is 1. The molecule has 4 nitrogen and oxygen atoms in total. The molecule has 0 aliphatic heterocycles. The number of thiophene rings is 1. The first-order chi connectivity index (χ1) is 14.1. The molecular weight excluding hydrogens is 398 g/mol. The topological polar surface area (TPSA) is 54.9 Å². The van der Waals surface area contributed by atoms with Gasteiger partial charge in [0.15, 0.2) is 0 Å². The third kappa shape index (κ3) is 4.19. The Kier molecular flexibility index (Phi) is 6.20. The summed E-state index contributed by atoms with van der Waals surface area (Å²) in [6, 6.07) is 6.25. The highest BCUT2D eigenvalue weighted by Gasteiger charge is 2.23. The molecule has 1 N–H and O–H groups in total. The molecule has 4 rings (SSSR count). The Morgan fingerprint density at radius 1 is 1.24 bits per heavy atom. The number of thioether (sulfide) groups is 1. The maximum absolute atomic E-state index is 12.8. The van der Waals surface area contributed by atoms with E-state index in [0.29, 0.717) is 5.75 Å². The van der Waals surface area contributed by atoms with Crippen LogP contribution in [-0.4, -0.2) is 21.6 Å². The van der Waals surface area contributed by atoms with E-state index in [4.69, 9.17) is 0 Å². The van der Waals surface area contributed by atoms with Crippen molar-refractivity contribution in [2.45, 2.75) is 57.9 Å². The van der Waals surface area contributed by atoms with E-state index in [0.717, 1.165) is 47.1 Å². The fourth-order valence-corrected chi connectivity index (χ4v) is 6.31. The summed E-state index contributed by atoms with van der Waals surface area (Å²) < 4.78 is 0. The van der Waals surface area contributed by atoms with Crippen LogP contribution in [0.1, 0.15) is 48.8 Å². The van der Waals surface area contributed by atoms with Crippen LogP contribution in [0.25, 0.3) is 10.2 Å².